The van der Waals surface area contributed by atoms with Crippen molar-refractivity contribution in [3.63, 3.8) is 0 Å². The van der Waals surface area contributed by atoms with Crippen LogP contribution in [0.2, 0.25) is 0 Å². The molecule has 4 nitrogen and oxygen atoms in total. The van der Waals surface area contributed by atoms with Crippen molar-refractivity contribution in [2.75, 3.05) is 18.5 Å². The highest BCUT2D eigenvalue weighted by molar-refractivity contribution is 7.15. The number of ether oxygens (including phenoxy) is 2. The van der Waals surface area contributed by atoms with Crippen LogP contribution in [0.3, 0.4) is 0 Å². The topological polar surface area (TPSA) is 43.4 Å². The Kier molecular flexibility index (Phi) is 5.44. The molecule has 0 spiro atoms. The van der Waals surface area contributed by atoms with Crippen LogP contribution in [0.5, 0.6) is 11.5 Å². The van der Waals surface area contributed by atoms with E-state index in [0.717, 1.165) is 22.2 Å². The lowest BCUT2D eigenvalue weighted by atomic mass is 10.1. The van der Waals surface area contributed by atoms with Crippen LogP contribution in [0, 0.1) is 6.92 Å². The minimum absolute atomic E-state index is 0.158. The first kappa shape index (κ1) is 15.6. The number of hydrogen-bond acceptors (Lipinski definition) is 5. The Balaban J connectivity index is 2.16. The Morgan fingerprint density at radius 3 is 2.52 bits per heavy atom. The first-order valence-corrected chi connectivity index (χ1v) is 8.04. The molecule has 1 unspecified atom stereocenters. The summed E-state index contributed by atoms with van der Waals surface area (Å²) in [4.78, 5) is 5.54. The Labute approximate surface area is 130 Å². The zero-order valence-electron chi connectivity index (χ0n) is 13.0. The molecule has 0 radical (unpaired) electrons. The highest BCUT2D eigenvalue weighted by Crippen LogP contribution is 2.32. The Hall–Kier alpha value is -1.75. The van der Waals surface area contributed by atoms with E-state index in [4.69, 9.17) is 9.47 Å². The molecule has 0 saturated carbocycles. The Morgan fingerprint density at radius 2 is 1.90 bits per heavy atom. The quantitative estimate of drug-likeness (QED) is 0.822. The molecule has 0 aliphatic rings. The second-order valence-corrected chi connectivity index (χ2v) is 5.95. The fourth-order valence-electron chi connectivity index (χ4n) is 2.03. The van der Waals surface area contributed by atoms with Crippen LogP contribution >= 0.6 is 11.3 Å². The first-order chi connectivity index (χ1) is 10.1. The molecule has 1 atom stereocenters. The molecule has 21 heavy (non-hydrogen) atoms. The molecule has 2 aromatic rings. The van der Waals surface area contributed by atoms with Crippen molar-refractivity contribution in [1.82, 2.24) is 4.98 Å². The molecule has 2 rings (SSSR count). The number of benzene rings is 1. The van der Waals surface area contributed by atoms with Gasteiger partial charge in [0.2, 0.25) is 0 Å². The summed E-state index contributed by atoms with van der Waals surface area (Å²) in [6.45, 7) is 9.36. The van der Waals surface area contributed by atoms with Gasteiger partial charge in [-0.05, 0) is 45.4 Å². The van der Waals surface area contributed by atoms with Gasteiger partial charge in [-0.3, -0.25) is 0 Å². The van der Waals surface area contributed by atoms with Gasteiger partial charge in [-0.15, -0.1) is 11.3 Å². The van der Waals surface area contributed by atoms with E-state index in [1.807, 2.05) is 32.2 Å². The molecule has 1 aromatic carbocycles. The van der Waals surface area contributed by atoms with Crippen LogP contribution in [0.25, 0.3) is 0 Å². The minimum atomic E-state index is 0.158. The normalized spacial score (nSPS) is 12.0. The number of anilines is 1. The summed E-state index contributed by atoms with van der Waals surface area (Å²) in [6, 6.07) is 6.22. The largest absolute Gasteiger partial charge is 0.490 e. The molecule has 1 N–H and O–H groups in total. The van der Waals surface area contributed by atoms with Crippen molar-refractivity contribution in [2.24, 2.45) is 0 Å². The molecule has 0 aliphatic carbocycles. The molecule has 0 aliphatic heterocycles. The smallest absolute Gasteiger partial charge is 0.183 e. The molecule has 0 saturated heterocycles. The van der Waals surface area contributed by atoms with E-state index in [1.54, 1.807) is 11.3 Å². The highest BCUT2D eigenvalue weighted by Gasteiger charge is 2.12. The third-order valence-corrected chi connectivity index (χ3v) is 3.87. The number of aryl methyl sites for hydroxylation is 1. The second-order valence-electron chi connectivity index (χ2n) is 4.71. The number of rotatable bonds is 7. The summed E-state index contributed by atoms with van der Waals surface area (Å²) in [7, 11) is 0. The number of thiazole rings is 1. The monoisotopic (exact) mass is 306 g/mol. The fraction of sp³-hybridized carbons (Fsp3) is 0.438. The maximum atomic E-state index is 5.67. The third-order valence-electron chi connectivity index (χ3n) is 3.03. The minimum Gasteiger partial charge on any atom is -0.490 e. The van der Waals surface area contributed by atoms with Crippen molar-refractivity contribution < 1.29 is 9.47 Å². The van der Waals surface area contributed by atoms with Crippen molar-refractivity contribution in [3.8, 4) is 11.5 Å². The number of nitrogens with one attached hydrogen (secondary N) is 1. The predicted molar refractivity (Wildman–Crippen MR) is 87.7 cm³/mol. The highest BCUT2D eigenvalue weighted by atomic mass is 32.1. The zero-order chi connectivity index (χ0) is 15.2. The van der Waals surface area contributed by atoms with E-state index in [1.165, 1.54) is 4.88 Å². The lowest BCUT2D eigenvalue weighted by Gasteiger charge is -2.17. The van der Waals surface area contributed by atoms with Gasteiger partial charge in [-0.2, -0.15) is 0 Å². The van der Waals surface area contributed by atoms with Crippen molar-refractivity contribution >= 4 is 16.5 Å². The first-order valence-electron chi connectivity index (χ1n) is 7.22. The Morgan fingerprint density at radius 1 is 1.19 bits per heavy atom. The molecule has 114 valence electrons. The van der Waals surface area contributed by atoms with Gasteiger partial charge in [0, 0.05) is 11.1 Å². The Bertz CT molecular complexity index is 583. The van der Waals surface area contributed by atoms with E-state index in [2.05, 4.69) is 30.2 Å². The van der Waals surface area contributed by atoms with Gasteiger partial charge in [0.05, 0.1) is 19.3 Å². The average Bonchev–Trinajstić information content (AvgIpc) is 2.86. The predicted octanol–water partition coefficient (Wildman–Crippen LogP) is 4.42. The SMILES string of the molecule is CCOc1ccc(C(C)Nc2ncc(C)s2)cc1OCC. The lowest BCUT2D eigenvalue weighted by molar-refractivity contribution is 0.287. The van der Waals surface area contributed by atoms with Crippen LogP contribution in [0.4, 0.5) is 5.13 Å². The fourth-order valence-corrected chi connectivity index (χ4v) is 2.78. The van der Waals surface area contributed by atoms with Crippen LogP contribution in [0.15, 0.2) is 24.4 Å². The lowest BCUT2D eigenvalue weighted by Crippen LogP contribution is -2.07. The third kappa shape index (κ3) is 4.11. The van der Waals surface area contributed by atoms with Gasteiger partial charge in [-0.25, -0.2) is 4.98 Å². The summed E-state index contributed by atoms with van der Waals surface area (Å²) >= 11 is 1.66. The summed E-state index contributed by atoms with van der Waals surface area (Å²) in [5.74, 6) is 1.58. The molecule has 1 aromatic heterocycles. The standard InChI is InChI=1S/C16H22N2O2S/c1-5-19-14-8-7-13(9-15(14)20-6-2)12(4)18-16-17-10-11(3)21-16/h7-10,12H,5-6H2,1-4H3,(H,17,18). The van der Waals surface area contributed by atoms with Gasteiger partial charge in [0.1, 0.15) is 0 Å². The van der Waals surface area contributed by atoms with Crippen LogP contribution in [-0.2, 0) is 0 Å². The average molecular weight is 306 g/mol. The zero-order valence-corrected chi connectivity index (χ0v) is 13.8. The van der Waals surface area contributed by atoms with Crippen LogP contribution in [0.1, 0.15) is 37.3 Å². The molecule has 0 fully saturated rings. The number of hydrogen-bond donors (Lipinski definition) is 1. The van der Waals surface area contributed by atoms with Crippen LogP contribution in [-0.4, -0.2) is 18.2 Å². The van der Waals surface area contributed by atoms with Gasteiger partial charge < -0.3 is 14.8 Å². The summed E-state index contributed by atoms with van der Waals surface area (Å²) in [6.07, 6.45) is 1.88. The molecular formula is C16H22N2O2S. The van der Waals surface area contributed by atoms with E-state index in [-0.39, 0.29) is 6.04 Å². The molecule has 5 heteroatoms. The number of nitrogens with zero attached hydrogens (tertiary/aromatic N) is 1. The van der Waals surface area contributed by atoms with Gasteiger partial charge >= 0.3 is 0 Å². The summed E-state index contributed by atoms with van der Waals surface area (Å²) in [5.41, 5.74) is 1.15. The molecular weight excluding hydrogens is 284 g/mol. The maximum Gasteiger partial charge on any atom is 0.183 e. The van der Waals surface area contributed by atoms with Crippen molar-refractivity contribution in [3.05, 3.63) is 34.8 Å². The molecule has 0 bridgehead atoms. The van der Waals surface area contributed by atoms with E-state index in [0.29, 0.717) is 13.2 Å². The van der Waals surface area contributed by atoms with Crippen molar-refractivity contribution in [2.45, 2.75) is 33.7 Å². The molecule has 1 heterocycles. The van der Waals surface area contributed by atoms with Crippen molar-refractivity contribution in [1.29, 1.82) is 0 Å². The number of aromatic nitrogens is 1. The van der Waals surface area contributed by atoms with E-state index in [9.17, 15) is 0 Å². The van der Waals surface area contributed by atoms with E-state index >= 15 is 0 Å². The van der Waals surface area contributed by atoms with E-state index < -0.39 is 0 Å². The van der Waals surface area contributed by atoms with Gasteiger partial charge in [0.25, 0.3) is 0 Å². The summed E-state index contributed by atoms with van der Waals surface area (Å²) < 4.78 is 11.3. The maximum absolute atomic E-state index is 5.67. The van der Waals surface area contributed by atoms with Gasteiger partial charge in [-0.1, -0.05) is 6.07 Å². The summed E-state index contributed by atoms with van der Waals surface area (Å²) in [5, 5.41) is 4.35. The van der Waals surface area contributed by atoms with Crippen LogP contribution < -0.4 is 14.8 Å². The van der Waals surface area contributed by atoms with Gasteiger partial charge in [0.15, 0.2) is 16.6 Å². The second kappa shape index (κ2) is 7.31. The molecule has 0 amide bonds.